The first-order chi connectivity index (χ1) is 12.2. The maximum absolute atomic E-state index is 13.0. The number of aromatic nitrogens is 1. The largest absolute Gasteiger partial charge is 0.480 e. The number of hydrogen-bond donors (Lipinski definition) is 0. The Morgan fingerprint density at radius 2 is 2.12 bits per heavy atom. The highest BCUT2D eigenvalue weighted by Gasteiger charge is 2.26. The van der Waals surface area contributed by atoms with Crippen molar-refractivity contribution in [3.05, 3.63) is 59.5 Å². The molecule has 1 aliphatic heterocycles. The molecule has 4 nitrogen and oxygen atoms in total. The minimum absolute atomic E-state index is 0.0172. The lowest BCUT2D eigenvalue weighted by Gasteiger charge is -2.33. The molecule has 1 fully saturated rings. The fourth-order valence-electron chi connectivity index (χ4n) is 3.39. The Morgan fingerprint density at radius 3 is 2.88 bits per heavy atom. The average molecular weight is 342 g/mol. The lowest BCUT2D eigenvalue weighted by Crippen LogP contribution is -2.40. The summed E-state index contributed by atoms with van der Waals surface area (Å²) in [5.41, 5.74) is 1.66. The van der Waals surface area contributed by atoms with E-state index in [1.54, 1.807) is 18.3 Å². The van der Waals surface area contributed by atoms with Gasteiger partial charge in [-0.3, -0.25) is 4.79 Å². The summed E-state index contributed by atoms with van der Waals surface area (Å²) in [4.78, 5) is 18.8. The second-order valence-corrected chi connectivity index (χ2v) is 6.48. The van der Waals surface area contributed by atoms with Gasteiger partial charge in [0.15, 0.2) is 0 Å². The molecule has 0 radical (unpaired) electrons. The molecular formula is C20H23FN2O2. The molecule has 1 aromatic heterocycles. The van der Waals surface area contributed by atoms with E-state index in [9.17, 15) is 9.18 Å². The number of piperidine rings is 1. The third kappa shape index (κ3) is 4.35. The second kappa shape index (κ2) is 8.10. The summed E-state index contributed by atoms with van der Waals surface area (Å²) < 4.78 is 18.2. The number of likely N-dealkylation sites (tertiary alicyclic amines) is 1. The number of methoxy groups -OCH3 is 1. The molecule has 3 rings (SSSR count). The van der Waals surface area contributed by atoms with Crippen molar-refractivity contribution in [3.8, 4) is 5.88 Å². The molecule has 5 heteroatoms. The number of carbonyl (C=O) groups is 1. The number of amides is 1. The Balaban J connectivity index is 1.60. The van der Waals surface area contributed by atoms with Gasteiger partial charge in [0.25, 0.3) is 5.91 Å². The van der Waals surface area contributed by atoms with Gasteiger partial charge in [-0.25, -0.2) is 9.37 Å². The minimum atomic E-state index is -0.205. The van der Waals surface area contributed by atoms with Gasteiger partial charge in [0.1, 0.15) is 11.4 Å². The molecule has 1 aliphatic rings. The summed E-state index contributed by atoms with van der Waals surface area (Å²) in [5, 5.41) is 0. The minimum Gasteiger partial charge on any atom is -0.480 e. The number of pyridine rings is 1. The van der Waals surface area contributed by atoms with Crippen LogP contribution in [0.2, 0.25) is 0 Å². The number of hydrogen-bond acceptors (Lipinski definition) is 3. The highest BCUT2D eigenvalue weighted by atomic mass is 19.1. The number of halogens is 1. The Kier molecular flexibility index (Phi) is 5.64. The molecule has 0 N–H and O–H groups in total. The van der Waals surface area contributed by atoms with E-state index in [4.69, 9.17) is 4.74 Å². The van der Waals surface area contributed by atoms with Gasteiger partial charge in [-0.2, -0.15) is 0 Å². The fraction of sp³-hybridized carbons (Fsp3) is 0.400. The van der Waals surface area contributed by atoms with E-state index in [2.05, 4.69) is 4.98 Å². The molecule has 1 aromatic carbocycles. The summed E-state index contributed by atoms with van der Waals surface area (Å²) in [6.07, 6.45) is 5.65. The van der Waals surface area contributed by atoms with Gasteiger partial charge in [-0.05, 0) is 61.4 Å². The molecule has 1 amide bonds. The van der Waals surface area contributed by atoms with Crippen LogP contribution in [0.25, 0.3) is 0 Å². The maximum atomic E-state index is 13.0. The lowest BCUT2D eigenvalue weighted by atomic mass is 9.91. The number of carbonyl (C=O) groups excluding carboxylic acids is 1. The fourth-order valence-corrected chi connectivity index (χ4v) is 3.39. The summed E-state index contributed by atoms with van der Waals surface area (Å²) in [7, 11) is 1.53. The summed E-state index contributed by atoms with van der Waals surface area (Å²) in [6.45, 7) is 1.52. The van der Waals surface area contributed by atoms with E-state index in [0.717, 1.165) is 44.3 Å². The van der Waals surface area contributed by atoms with E-state index < -0.39 is 0 Å². The highest BCUT2D eigenvalue weighted by molar-refractivity contribution is 5.96. The zero-order chi connectivity index (χ0) is 17.6. The first-order valence-electron chi connectivity index (χ1n) is 8.70. The molecule has 2 aromatic rings. The smallest absolute Gasteiger partial charge is 0.259 e. The first-order valence-corrected chi connectivity index (χ1v) is 8.70. The Labute approximate surface area is 147 Å². The van der Waals surface area contributed by atoms with Crippen molar-refractivity contribution in [2.45, 2.75) is 25.7 Å². The molecule has 0 spiro atoms. The van der Waals surface area contributed by atoms with Gasteiger partial charge in [0.05, 0.1) is 7.11 Å². The van der Waals surface area contributed by atoms with Crippen molar-refractivity contribution in [3.63, 3.8) is 0 Å². The van der Waals surface area contributed by atoms with Crippen LogP contribution in [-0.2, 0) is 6.42 Å². The van der Waals surface area contributed by atoms with Crippen LogP contribution in [0, 0.1) is 11.7 Å². The third-order valence-corrected chi connectivity index (χ3v) is 4.76. The quantitative estimate of drug-likeness (QED) is 0.832. The Morgan fingerprint density at radius 1 is 1.32 bits per heavy atom. The zero-order valence-corrected chi connectivity index (χ0v) is 14.5. The molecule has 1 saturated heterocycles. The van der Waals surface area contributed by atoms with Crippen LogP contribution in [0.3, 0.4) is 0 Å². The van der Waals surface area contributed by atoms with Gasteiger partial charge < -0.3 is 9.64 Å². The van der Waals surface area contributed by atoms with E-state index in [0.29, 0.717) is 17.4 Å². The maximum Gasteiger partial charge on any atom is 0.259 e. The van der Waals surface area contributed by atoms with Gasteiger partial charge in [0.2, 0.25) is 5.88 Å². The number of aryl methyl sites for hydroxylation is 1. The van der Waals surface area contributed by atoms with Crippen LogP contribution in [0.15, 0.2) is 42.6 Å². The van der Waals surface area contributed by atoms with E-state index in [-0.39, 0.29) is 11.7 Å². The molecule has 25 heavy (non-hydrogen) atoms. The monoisotopic (exact) mass is 342 g/mol. The number of nitrogens with zero attached hydrogens (tertiary/aromatic N) is 2. The second-order valence-electron chi connectivity index (χ2n) is 6.48. The van der Waals surface area contributed by atoms with E-state index in [1.165, 1.54) is 19.2 Å². The predicted octanol–water partition coefficient (Wildman–Crippen LogP) is 3.71. The van der Waals surface area contributed by atoms with E-state index in [1.807, 2.05) is 17.0 Å². The van der Waals surface area contributed by atoms with Crippen molar-refractivity contribution in [2.75, 3.05) is 20.2 Å². The standard InChI is InChI=1S/C20H23FN2O2/c1-25-19-18(5-2-12-22-19)20(24)23-13-3-4-16(14-23)7-6-15-8-10-17(21)11-9-15/h2,5,8-12,16H,3-4,6-7,13-14H2,1H3. The summed E-state index contributed by atoms with van der Waals surface area (Å²) in [5.74, 6) is 0.617. The molecule has 2 heterocycles. The molecule has 1 atom stereocenters. The summed E-state index contributed by atoms with van der Waals surface area (Å²) >= 11 is 0. The molecule has 0 aliphatic carbocycles. The van der Waals surface area contributed by atoms with Gasteiger partial charge in [-0.15, -0.1) is 0 Å². The highest BCUT2D eigenvalue weighted by Crippen LogP contribution is 2.25. The number of rotatable bonds is 5. The molecule has 1 unspecified atom stereocenters. The van der Waals surface area contributed by atoms with Gasteiger partial charge >= 0.3 is 0 Å². The van der Waals surface area contributed by atoms with Crippen LogP contribution < -0.4 is 4.74 Å². The van der Waals surface area contributed by atoms with Gasteiger partial charge in [0, 0.05) is 19.3 Å². The average Bonchev–Trinajstić information content (AvgIpc) is 2.67. The normalized spacial score (nSPS) is 17.4. The van der Waals surface area contributed by atoms with Crippen molar-refractivity contribution in [1.82, 2.24) is 9.88 Å². The SMILES string of the molecule is COc1ncccc1C(=O)N1CCCC(CCc2ccc(F)cc2)C1. The van der Waals surface area contributed by atoms with Crippen molar-refractivity contribution >= 4 is 5.91 Å². The zero-order valence-electron chi connectivity index (χ0n) is 14.5. The van der Waals surface area contributed by atoms with Crippen molar-refractivity contribution in [1.29, 1.82) is 0 Å². The molecule has 0 bridgehead atoms. The van der Waals surface area contributed by atoms with Crippen LogP contribution in [0.1, 0.15) is 35.2 Å². The van der Waals surface area contributed by atoms with Crippen molar-refractivity contribution < 1.29 is 13.9 Å². The van der Waals surface area contributed by atoms with Crippen LogP contribution in [0.5, 0.6) is 5.88 Å². The van der Waals surface area contributed by atoms with Gasteiger partial charge in [-0.1, -0.05) is 12.1 Å². The molecule has 132 valence electrons. The Hall–Kier alpha value is -2.43. The molecular weight excluding hydrogens is 319 g/mol. The summed E-state index contributed by atoms with van der Waals surface area (Å²) in [6, 6.07) is 10.2. The number of benzene rings is 1. The van der Waals surface area contributed by atoms with E-state index >= 15 is 0 Å². The van der Waals surface area contributed by atoms with Crippen LogP contribution in [0.4, 0.5) is 4.39 Å². The third-order valence-electron chi connectivity index (χ3n) is 4.76. The predicted molar refractivity (Wildman–Crippen MR) is 94.1 cm³/mol. The number of ether oxygens (including phenoxy) is 1. The Bertz CT molecular complexity index is 718. The first kappa shape index (κ1) is 17.4. The van der Waals surface area contributed by atoms with Crippen LogP contribution in [-0.4, -0.2) is 36.0 Å². The lowest BCUT2D eigenvalue weighted by molar-refractivity contribution is 0.0664. The molecule has 0 saturated carbocycles. The topological polar surface area (TPSA) is 42.4 Å². The van der Waals surface area contributed by atoms with Crippen LogP contribution >= 0.6 is 0 Å². The van der Waals surface area contributed by atoms with Crippen molar-refractivity contribution in [2.24, 2.45) is 5.92 Å².